The normalized spacial score (nSPS) is 23.4. The van der Waals surface area contributed by atoms with Gasteiger partial charge in [0.05, 0.1) is 0 Å². The molecule has 1 aliphatic heterocycles. The number of rotatable bonds is 1. The molecule has 0 aliphatic carbocycles. The zero-order chi connectivity index (χ0) is 10.9. The van der Waals surface area contributed by atoms with Crippen molar-refractivity contribution in [3.8, 4) is 0 Å². The molecule has 0 saturated carbocycles. The fraction of sp³-hybridized carbons (Fsp3) is 0.727. The Kier molecular flexibility index (Phi) is 3.67. The summed E-state index contributed by atoms with van der Waals surface area (Å²) in [7, 11) is 0. The molecule has 1 heterocycles. The molecule has 0 aromatic heterocycles. The Balaban J connectivity index is 2.78. The minimum absolute atomic E-state index is 0.205. The van der Waals surface area contributed by atoms with Crippen molar-refractivity contribution >= 4 is 24.3 Å². The Morgan fingerprint density at radius 1 is 1.50 bits per heavy atom. The number of carbonyl (C=O) groups excluding carboxylic acids is 1. The van der Waals surface area contributed by atoms with Gasteiger partial charge in [-0.15, -0.1) is 0 Å². The van der Waals surface area contributed by atoms with Crippen LogP contribution in [0.2, 0.25) is 14.8 Å². The zero-order valence-corrected chi connectivity index (χ0v) is 12.8. The molecule has 0 aromatic rings. The second kappa shape index (κ2) is 4.25. The fourth-order valence-corrected chi connectivity index (χ4v) is 6.55. The van der Waals surface area contributed by atoms with Crippen molar-refractivity contribution in [2.45, 2.75) is 41.1 Å². The molecular weight excluding hydrogens is 281 g/mol. The third-order valence-electron chi connectivity index (χ3n) is 2.95. The van der Waals surface area contributed by atoms with E-state index in [0.717, 1.165) is 13.0 Å². The minimum atomic E-state index is -1.85. The van der Waals surface area contributed by atoms with Crippen LogP contribution >= 0.6 is 0 Å². The average Bonchev–Trinajstić information content (AvgIpc) is 2.01. The summed E-state index contributed by atoms with van der Waals surface area (Å²) in [5.41, 5.74) is 0. The Morgan fingerprint density at radius 3 is 2.43 bits per heavy atom. The Hall–Kier alpha value is 0.00870. The predicted molar refractivity (Wildman–Crippen MR) is 62.9 cm³/mol. The Labute approximate surface area is 91.2 Å². The first-order valence-corrected chi connectivity index (χ1v) is 15.3. The van der Waals surface area contributed by atoms with E-state index >= 15 is 0 Å². The molecule has 0 saturated heterocycles. The van der Waals surface area contributed by atoms with Crippen LogP contribution in [0.1, 0.15) is 20.3 Å². The second-order valence-electron chi connectivity index (χ2n) is 5.20. The topological polar surface area (TPSA) is 20.3 Å². The van der Waals surface area contributed by atoms with Crippen LogP contribution in [-0.2, 0) is 4.79 Å². The molecule has 1 amide bonds. The molecule has 3 heteroatoms. The van der Waals surface area contributed by atoms with Crippen molar-refractivity contribution in [3.05, 3.63) is 9.67 Å². The zero-order valence-electron chi connectivity index (χ0n) is 9.92. The van der Waals surface area contributed by atoms with E-state index in [0.29, 0.717) is 6.04 Å². The van der Waals surface area contributed by atoms with Gasteiger partial charge in [-0.1, -0.05) is 0 Å². The maximum atomic E-state index is 11.3. The van der Waals surface area contributed by atoms with Gasteiger partial charge in [0.25, 0.3) is 0 Å². The standard InChI is InChI=1S/C8H12NO.3CH3.Sn/c1-7-5-3-4-6-9(7)8(2)10;;;;/h4,7H,5-6H2,1-2H3;3*1H3;. The molecule has 0 fully saturated rings. The molecule has 0 aromatic carbocycles. The van der Waals surface area contributed by atoms with Crippen LogP contribution in [0.15, 0.2) is 9.67 Å². The molecule has 1 aliphatic rings. The van der Waals surface area contributed by atoms with Gasteiger partial charge in [0.2, 0.25) is 0 Å². The predicted octanol–water partition coefficient (Wildman–Crippen LogP) is 2.43. The molecule has 1 unspecified atom stereocenters. The van der Waals surface area contributed by atoms with Crippen LogP contribution in [0.3, 0.4) is 0 Å². The summed E-state index contributed by atoms with van der Waals surface area (Å²) in [5, 5.41) is 0. The monoisotopic (exact) mass is 303 g/mol. The SMILES string of the molecule is CC(=O)N1CC=[C]([Sn]([CH3])([CH3])[CH3])CC1C. The van der Waals surface area contributed by atoms with E-state index in [1.165, 1.54) is 0 Å². The van der Waals surface area contributed by atoms with E-state index < -0.39 is 18.4 Å². The Morgan fingerprint density at radius 2 is 2.07 bits per heavy atom. The van der Waals surface area contributed by atoms with Crippen molar-refractivity contribution in [2.75, 3.05) is 6.54 Å². The second-order valence-corrected chi connectivity index (χ2v) is 19.9. The number of amides is 1. The average molecular weight is 302 g/mol. The van der Waals surface area contributed by atoms with Gasteiger partial charge in [0.1, 0.15) is 0 Å². The summed E-state index contributed by atoms with van der Waals surface area (Å²) < 4.78 is 1.68. The van der Waals surface area contributed by atoms with Gasteiger partial charge in [0, 0.05) is 0 Å². The quantitative estimate of drug-likeness (QED) is 0.681. The van der Waals surface area contributed by atoms with Crippen LogP contribution in [0, 0.1) is 0 Å². The van der Waals surface area contributed by atoms with E-state index in [9.17, 15) is 4.79 Å². The molecule has 0 radical (unpaired) electrons. The van der Waals surface area contributed by atoms with Gasteiger partial charge in [0.15, 0.2) is 0 Å². The van der Waals surface area contributed by atoms with Gasteiger partial charge in [-0.2, -0.15) is 0 Å². The van der Waals surface area contributed by atoms with Gasteiger partial charge >= 0.3 is 91.3 Å². The van der Waals surface area contributed by atoms with Crippen molar-refractivity contribution in [3.63, 3.8) is 0 Å². The van der Waals surface area contributed by atoms with E-state index in [-0.39, 0.29) is 5.91 Å². The first-order valence-electron chi connectivity index (χ1n) is 5.29. The third-order valence-corrected chi connectivity index (χ3v) is 9.61. The van der Waals surface area contributed by atoms with Crippen molar-refractivity contribution in [1.82, 2.24) is 4.90 Å². The van der Waals surface area contributed by atoms with Crippen molar-refractivity contribution < 1.29 is 4.79 Å². The molecule has 0 spiro atoms. The van der Waals surface area contributed by atoms with Crippen LogP contribution < -0.4 is 0 Å². The molecule has 1 rings (SSSR count). The van der Waals surface area contributed by atoms with Crippen LogP contribution in [-0.4, -0.2) is 41.8 Å². The molecule has 80 valence electrons. The van der Waals surface area contributed by atoms with Crippen LogP contribution in [0.25, 0.3) is 0 Å². The summed E-state index contributed by atoms with van der Waals surface area (Å²) in [6.07, 6.45) is 3.41. The maximum absolute atomic E-state index is 11.3. The fourth-order valence-electron chi connectivity index (χ4n) is 1.95. The number of nitrogens with zero attached hydrogens (tertiary/aromatic N) is 1. The van der Waals surface area contributed by atoms with Crippen molar-refractivity contribution in [2.24, 2.45) is 0 Å². The summed E-state index contributed by atoms with van der Waals surface area (Å²) >= 11 is -1.85. The third kappa shape index (κ3) is 2.75. The number of hydrogen-bond donors (Lipinski definition) is 0. The summed E-state index contributed by atoms with van der Waals surface area (Å²) in [5.74, 6) is 0.205. The first kappa shape index (κ1) is 12.1. The van der Waals surface area contributed by atoms with Crippen LogP contribution in [0.4, 0.5) is 0 Å². The van der Waals surface area contributed by atoms with E-state index in [1.54, 1.807) is 10.5 Å². The molecule has 1 atom stereocenters. The molecular formula is C11H21NOSn. The van der Waals surface area contributed by atoms with Crippen molar-refractivity contribution in [1.29, 1.82) is 0 Å². The van der Waals surface area contributed by atoms with E-state index in [1.807, 2.05) is 4.90 Å². The molecule has 14 heavy (non-hydrogen) atoms. The first-order chi connectivity index (χ1) is 6.32. The van der Waals surface area contributed by atoms with Gasteiger partial charge in [-0.25, -0.2) is 0 Å². The van der Waals surface area contributed by atoms with Gasteiger partial charge < -0.3 is 0 Å². The summed E-state index contributed by atoms with van der Waals surface area (Å²) in [6.45, 7) is 4.65. The number of hydrogen-bond acceptors (Lipinski definition) is 1. The summed E-state index contributed by atoms with van der Waals surface area (Å²) in [4.78, 5) is 20.6. The Bertz CT molecular complexity index is 265. The van der Waals surface area contributed by atoms with E-state index in [2.05, 4.69) is 27.8 Å². The van der Waals surface area contributed by atoms with E-state index in [4.69, 9.17) is 0 Å². The molecule has 0 bridgehead atoms. The summed E-state index contributed by atoms with van der Waals surface area (Å²) in [6, 6.07) is 0.406. The van der Waals surface area contributed by atoms with Crippen LogP contribution in [0.5, 0.6) is 0 Å². The molecule has 0 N–H and O–H groups in total. The van der Waals surface area contributed by atoms with Gasteiger partial charge in [-0.3, -0.25) is 0 Å². The molecule has 2 nitrogen and oxygen atoms in total. The van der Waals surface area contributed by atoms with Gasteiger partial charge in [-0.05, 0) is 0 Å². The number of carbonyl (C=O) groups is 1.